The van der Waals surface area contributed by atoms with Gasteiger partial charge < -0.3 is 14.5 Å². The Labute approximate surface area is 145 Å². The Balaban J connectivity index is 2.25. The number of phosphoric ester groups is 1. The normalized spacial score (nSPS) is 13.0. The summed E-state index contributed by atoms with van der Waals surface area (Å²) in [7, 11) is -4.50. The van der Waals surface area contributed by atoms with Crippen LogP contribution in [-0.2, 0) is 9.09 Å². The van der Waals surface area contributed by atoms with Crippen LogP contribution >= 0.6 is 7.82 Å². The average Bonchev–Trinajstić information content (AvgIpc) is 2.54. The van der Waals surface area contributed by atoms with Crippen molar-refractivity contribution in [3.05, 3.63) is 30.3 Å². The zero-order valence-electron chi connectivity index (χ0n) is 14.6. The zero-order valence-corrected chi connectivity index (χ0v) is 15.5. The maximum absolute atomic E-state index is 11.1. The van der Waals surface area contributed by atoms with Gasteiger partial charge in [0.2, 0.25) is 0 Å². The number of phosphoric acid groups is 1. The lowest BCUT2D eigenvalue weighted by Crippen LogP contribution is -2.20. The summed E-state index contributed by atoms with van der Waals surface area (Å²) in [6.07, 6.45) is 9.45. The standard InChI is InChI=1S/C18H31O5P/c1-2-3-4-5-6-7-8-10-15-18(23-24(19,20)21)16-22-17-13-11-9-12-14-17/h9,11-14,18H,2-8,10,15-16H2,1H3,(H2,19,20,21). The molecule has 0 aromatic heterocycles. The maximum Gasteiger partial charge on any atom is 0.469 e. The fourth-order valence-corrected chi connectivity index (χ4v) is 3.13. The van der Waals surface area contributed by atoms with Gasteiger partial charge >= 0.3 is 7.82 Å². The van der Waals surface area contributed by atoms with Gasteiger partial charge in [-0.05, 0) is 18.6 Å². The van der Waals surface area contributed by atoms with Gasteiger partial charge in [0.25, 0.3) is 0 Å². The molecule has 0 bridgehead atoms. The van der Waals surface area contributed by atoms with E-state index in [9.17, 15) is 4.57 Å². The van der Waals surface area contributed by atoms with Crippen LogP contribution in [0.25, 0.3) is 0 Å². The summed E-state index contributed by atoms with van der Waals surface area (Å²) in [4.78, 5) is 18.1. The van der Waals surface area contributed by atoms with Crippen LogP contribution in [0, 0.1) is 0 Å². The van der Waals surface area contributed by atoms with E-state index in [1.807, 2.05) is 30.3 Å². The molecule has 0 aliphatic rings. The molecule has 0 saturated heterocycles. The first-order chi connectivity index (χ1) is 11.5. The molecule has 0 aliphatic carbocycles. The minimum atomic E-state index is -4.50. The highest BCUT2D eigenvalue weighted by Crippen LogP contribution is 2.38. The highest BCUT2D eigenvalue weighted by atomic mass is 31.2. The molecule has 5 nitrogen and oxygen atoms in total. The van der Waals surface area contributed by atoms with E-state index in [-0.39, 0.29) is 6.61 Å². The summed E-state index contributed by atoms with van der Waals surface area (Å²) >= 11 is 0. The Morgan fingerprint density at radius 1 is 0.958 bits per heavy atom. The van der Waals surface area contributed by atoms with Crippen molar-refractivity contribution in [1.29, 1.82) is 0 Å². The summed E-state index contributed by atoms with van der Waals surface area (Å²) in [5.74, 6) is 0.674. The molecule has 0 spiro atoms. The van der Waals surface area contributed by atoms with Crippen molar-refractivity contribution in [2.45, 2.75) is 70.8 Å². The Morgan fingerprint density at radius 2 is 1.54 bits per heavy atom. The predicted octanol–water partition coefficient (Wildman–Crippen LogP) is 5.07. The molecule has 0 heterocycles. The van der Waals surface area contributed by atoms with Crippen LogP contribution in [0.1, 0.15) is 64.7 Å². The van der Waals surface area contributed by atoms with Crippen molar-refractivity contribution in [2.24, 2.45) is 0 Å². The Kier molecular flexibility index (Phi) is 11.0. The Hall–Kier alpha value is -0.870. The van der Waals surface area contributed by atoms with Gasteiger partial charge in [-0.15, -0.1) is 0 Å². The van der Waals surface area contributed by atoms with Crippen LogP contribution in [0.4, 0.5) is 0 Å². The molecule has 0 radical (unpaired) electrons. The molecule has 24 heavy (non-hydrogen) atoms. The Bertz CT molecular complexity index is 460. The molecule has 1 aromatic rings. The van der Waals surface area contributed by atoms with Gasteiger partial charge in [-0.2, -0.15) is 0 Å². The molecular formula is C18H31O5P. The van der Waals surface area contributed by atoms with Crippen LogP contribution in [0.15, 0.2) is 30.3 Å². The smallest absolute Gasteiger partial charge is 0.469 e. The number of unbranched alkanes of at least 4 members (excludes halogenated alkanes) is 7. The summed E-state index contributed by atoms with van der Waals surface area (Å²) in [5.41, 5.74) is 0. The quantitative estimate of drug-likeness (QED) is 0.358. The third-order valence-electron chi connectivity index (χ3n) is 3.85. The monoisotopic (exact) mass is 358 g/mol. The van der Waals surface area contributed by atoms with E-state index in [0.717, 1.165) is 19.3 Å². The van der Waals surface area contributed by atoms with Crippen molar-refractivity contribution in [2.75, 3.05) is 6.61 Å². The van der Waals surface area contributed by atoms with Gasteiger partial charge in [-0.3, -0.25) is 4.52 Å². The van der Waals surface area contributed by atoms with Gasteiger partial charge in [0.1, 0.15) is 18.5 Å². The second kappa shape index (κ2) is 12.5. The number of hydrogen-bond donors (Lipinski definition) is 2. The lowest BCUT2D eigenvalue weighted by atomic mass is 10.1. The van der Waals surface area contributed by atoms with Gasteiger partial charge in [-0.1, -0.05) is 76.5 Å². The topological polar surface area (TPSA) is 76.0 Å². The molecule has 0 fully saturated rings. The SMILES string of the molecule is CCCCCCCCCCC(COc1ccccc1)OP(=O)(O)O. The molecule has 2 N–H and O–H groups in total. The van der Waals surface area contributed by atoms with Crippen LogP contribution in [-0.4, -0.2) is 22.5 Å². The molecule has 6 heteroatoms. The molecular weight excluding hydrogens is 327 g/mol. The lowest BCUT2D eigenvalue weighted by Gasteiger charge is -2.18. The van der Waals surface area contributed by atoms with E-state index in [4.69, 9.17) is 19.0 Å². The fourth-order valence-electron chi connectivity index (χ4n) is 2.57. The van der Waals surface area contributed by atoms with Crippen molar-refractivity contribution < 1.29 is 23.6 Å². The molecule has 1 aromatic carbocycles. The van der Waals surface area contributed by atoms with Crippen LogP contribution in [0.2, 0.25) is 0 Å². The fraction of sp³-hybridized carbons (Fsp3) is 0.667. The van der Waals surface area contributed by atoms with Gasteiger partial charge in [0.05, 0.1) is 0 Å². The van der Waals surface area contributed by atoms with Crippen LogP contribution in [0.5, 0.6) is 5.75 Å². The summed E-state index contributed by atoms with van der Waals surface area (Å²) < 4.78 is 21.5. The van der Waals surface area contributed by atoms with E-state index >= 15 is 0 Å². The van der Waals surface area contributed by atoms with Crippen molar-refractivity contribution >= 4 is 7.82 Å². The van der Waals surface area contributed by atoms with Crippen molar-refractivity contribution in [3.63, 3.8) is 0 Å². The number of para-hydroxylation sites is 1. The molecule has 0 aliphatic heterocycles. The van der Waals surface area contributed by atoms with E-state index in [2.05, 4.69) is 6.92 Å². The van der Waals surface area contributed by atoms with Gasteiger partial charge in [0, 0.05) is 0 Å². The highest BCUT2D eigenvalue weighted by Gasteiger charge is 2.22. The second-order valence-corrected chi connectivity index (χ2v) is 7.30. The first kappa shape index (κ1) is 21.2. The van der Waals surface area contributed by atoms with Crippen LogP contribution in [0.3, 0.4) is 0 Å². The van der Waals surface area contributed by atoms with E-state index in [1.165, 1.54) is 32.1 Å². The first-order valence-corrected chi connectivity index (χ1v) is 10.5. The molecule has 0 amide bonds. The molecule has 1 rings (SSSR count). The molecule has 1 unspecified atom stereocenters. The minimum absolute atomic E-state index is 0.144. The second-order valence-electron chi connectivity index (χ2n) is 6.11. The van der Waals surface area contributed by atoms with E-state index in [0.29, 0.717) is 12.2 Å². The van der Waals surface area contributed by atoms with E-state index < -0.39 is 13.9 Å². The molecule has 1 atom stereocenters. The number of ether oxygens (including phenoxy) is 1. The maximum atomic E-state index is 11.1. The average molecular weight is 358 g/mol. The first-order valence-electron chi connectivity index (χ1n) is 8.93. The number of hydrogen-bond acceptors (Lipinski definition) is 3. The largest absolute Gasteiger partial charge is 0.491 e. The summed E-state index contributed by atoms with van der Waals surface area (Å²) in [5, 5.41) is 0. The number of benzene rings is 1. The zero-order chi connectivity index (χ0) is 17.7. The molecule has 0 saturated carbocycles. The summed E-state index contributed by atoms with van der Waals surface area (Å²) in [6.45, 7) is 2.35. The van der Waals surface area contributed by atoms with Gasteiger partial charge in [0.15, 0.2) is 0 Å². The van der Waals surface area contributed by atoms with Gasteiger partial charge in [-0.25, -0.2) is 4.57 Å². The molecule has 138 valence electrons. The lowest BCUT2D eigenvalue weighted by molar-refractivity contribution is 0.0818. The van der Waals surface area contributed by atoms with Crippen molar-refractivity contribution in [3.8, 4) is 5.75 Å². The predicted molar refractivity (Wildman–Crippen MR) is 96.1 cm³/mol. The summed E-state index contributed by atoms with van der Waals surface area (Å²) in [6, 6.07) is 9.21. The van der Waals surface area contributed by atoms with E-state index in [1.54, 1.807) is 0 Å². The third-order valence-corrected chi connectivity index (χ3v) is 4.42. The van der Waals surface area contributed by atoms with Crippen molar-refractivity contribution in [1.82, 2.24) is 0 Å². The minimum Gasteiger partial charge on any atom is -0.491 e. The number of rotatable bonds is 14. The Morgan fingerprint density at radius 3 is 2.12 bits per heavy atom. The van der Waals surface area contributed by atoms with Crippen LogP contribution < -0.4 is 4.74 Å². The third kappa shape index (κ3) is 11.6. The highest BCUT2D eigenvalue weighted by molar-refractivity contribution is 7.46.